The van der Waals surface area contributed by atoms with Gasteiger partial charge in [-0.25, -0.2) is 9.18 Å². The van der Waals surface area contributed by atoms with Gasteiger partial charge in [-0.1, -0.05) is 12.1 Å². The number of pyridine rings is 1. The Morgan fingerprint density at radius 3 is 2.65 bits per heavy atom. The summed E-state index contributed by atoms with van der Waals surface area (Å²) >= 11 is 0. The number of H-pyrrole nitrogens is 1. The van der Waals surface area contributed by atoms with Crippen molar-refractivity contribution in [2.75, 3.05) is 6.54 Å². The maximum Gasteiger partial charge on any atom is 0.326 e. The Bertz CT molecular complexity index is 1120. The highest BCUT2D eigenvalue weighted by atomic mass is 19.1. The number of aromatic amines is 1. The lowest BCUT2D eigenvalue weighted by Gasteiger charge is -2.21. The van der Waals surface area contributed by atoms with Crippen LogP contribution in [0.4, 0.5) is 4.39 Å². The van der Waals surface area contributed by atoms with Crippen LogP contribution in [0.1, 0.15) is 23.2 Å². The highest BCUT2D eigenvalue weighted by molar-refractivity contribution is 6.08. The number of halogens is 1. The number of carbonyl (C=O) groups is 2. The fourth-order valence-electron chi connectivity index (χ4n) is 3.58. The van der Waals surface area contributed by atoms with E-state index in [0.29, 0.717) is 41.2 Å². The average Bonchev–Trinajstić information content (AvgIpc) is 3.11. The highest BCUT2D eigenvalue weighted by Gasteiger charge is 2.34. The molecule has 1 aliphatic heterocycles. The lowest BCUT2D eigenvalue weighted by molar-refractivity contribution is -0.141. The normalized spacial score (nSPS) is 17.1. The van der Waals surface area contributed by atoms with E-state index < -0.39 is 23.4 Å². The van der Waals surface area contributed by atoms with Crippen LogP contribution in [0.5, 0.6) is 0 Å². The molecule has 1 saturated heterocycles. The number of nitrogens with one attached hydrogen (secondary N) is 1. The molecule has 0 spiro atoms. The van der Waals surface area contributed by atoms with Gasteiger partial charge < -0.3 is 15.0 Å². The number of aromatic nitrogens is 1. The largest absolute Gasteiger partial charge is 0.480 e. The maximum absolute atomic E-state index is 13.4. The maximum atomic E-state index is 13.4. The lowest BCUT2D eigenvalue weighted by Crippen LogP contribution is -2.40. The number of amides is 1. The van der Waals surface area contributed by atoms with Gasteiger partial charge in [0.2, 0.25) is 0 Å². The predicted octanol–water partition coefficient (Wildman–Crippen LogP) is 2.51. The van der Waals surface area contributed by atoms with E-state index in [0.717, 1.165) is 0 Å². The van der Waals surface area contributed by atoms with E-state index in [9.17, 15) is 23.9 Å². The molecule has 1 aliphatic rings. The third-order valence-corrected chi connectivity index (χ3v) is 4.83. The van der Waals surface area contributed by atoms with Crippen molar-refractivity contribution < 1.29 is 19.1 Å². The Balaban J connectivity index is 1.82. The molecule has 1 fully saturated rings. The van der Waals surface area contributed by atoms with Crippen LogP contribution < -0.4 is 5.56 Å². The van der Waals surface area contributed by atoms with Crippen LogP contribution in [0.25, 0.3) is 21.7 Å². The molecule has 2 heterocycles. The van der Waals surface area contributed by atoms with Crippen LogP contribution in [-0.2, 0) is 4.79 Å². The van der Waals surface area contributed by atoms with Gasteiger partial charge >= 0.3 is 5.97 Å². The minimum atomic E-state index is -1.02. The summed E-state index contributed by atoms with van der Waals surface area (Å²) in [7, 11) is 0. The molecule has 1 unspecified atom stereocenters. The van der Waals surface area contributed by atoms with E-state index in [1.165, 1.54) is 23.1 Å². The van der Waals surface area contributed by atoms with E-state index in [-0.39, 0.29) is 11.3 Å². The fourth-order valence-corrected chi connectivity index (χ4v) is 3.58. The highest BCUT2D eigenvalue weighted by Crippen LogP contribution is 2.25. The number of hydrogen-bond donors (Lipinski definition) is 2. The zero-order chi connectivity index (χ0) is 18.4. The van der Waals surface area contributed by atoms with Crippen molar-refractivity contribution in [1.82, 2.24) is 9.88 Å². The van der Waals surface area contributed by atoms with Crippen LogP contribution in [0, 0.1) is 5.82 Å². The number of likely N-dealkylation sites (tertiary alicyclic amines) is 1. The minimum Gasteiger partial charge on any atom is -0.480 e. The van der Waals surface area contributed by atoms with Gasteiger partial charge in [0.25, 0.3) is 11.5 Å². The van der Waals surface area contributed by atoms with Gasteiger partial charge in [-0.3, -0.25) is 9.59 Å². The Hall–Kier alpha value is -3.22. The number of hydrogen-bond acceptors (Lipinski definition) is 3. The number of fused-ring (bicyclic) bond motifs is 3. The number of carboxylic acid groups (broad SMARTS) is 1. The lowest BCUT2D eigenvalue weighted by atomic mass is 10.0. The molecule has 1 amide bonds. The molecule has 6 nitrogen and oxygen atoms in total. The summed E-state index contributed by atoms with van der Waals surface area (Å²) in [5, 5.41) is 10.8. The molecular formula is C19H15FN2O4. The zero-order valence-electron chi connectivity index (χ0n) is 13.7. The van der Waals surface area contributed by atoms with Crippen molar-refractivity contribution in [3.63, 3.8) is 0 Å². The molecule has 1 atom stereocenters. The monoisotopic (exact) mass is 354 g/mol. The Morgan fingerprint density at radius 2 is 1.88 bits per heavy atom. The number of benzene rings is 2. The van der Waals surface area contributed by atoms with Crippen molar-refractivity contribution in [3.05, 3.63) is 58.1 Å². The summed E-state index contributed by atoms with van der Waals surface area (Å²) in [6, 6.07) is 7.99. The Kier molecular flexibility index (Phi) is 3.72. The summed E-state index contributed by atoms with van der Waals surface area (Å²) in [6.07, 6.45) is 1.07. The van der Waals surface area contributed by atoms with Crippen molar-refractivity contribution in [2.24, 2.45) is 0 Å². The molecular weight excluding hydrogens is 339 g/mol. The van der Waals surface area contributed by atoms with Gasteiger partial charge in [0.05, 0.1) is 5.39 Å². The molecule has 26 heavy (non-hydrogen) atoms. The molecule has 2 aromatic carbocycles. The fraction of sp³-hybridized carbons (Fsp3) is 0.211. The predicted molar refractivity (Wildman–Crippen MR) is 93.7 cm³/mol. The van der Waals surface area contributed by atoms with Crippen LogP contribution >= 0.6 is 0 Å². The van der Waals surface area contributed by atoms with E-state index in [1.54, 1.807) is 18.2 Å². The van der Waals surface area contributed by atoms with Gasteiger partial charge in [-0.2, -0.15) is 0 Å². The van der Waals surface area contributed by atoms with Crippen molar-refractivity contribution >= 4 is 33.6 Å². The topological polar surface area (TPSA) is 90.5 Å². The van der Waals surface area contributed by atoms with Crippen molar-refractivity contribution in [1.29, 1.82) is 0 Å². The van der Waals surface area contributed by atoms with Crippen LogP contribution in [0.2, 0.25) is 0 Å². The second-order valence-electron chi connectivity index (χ2n) is 6.40. The summed E-state index contributed by atoms with van der Waals surface area (Å²) in [5.41, 5.74) is 0.315. The second-order valence-corrected chi connectivity index (χ2v) is 6.40. The number of carboxylic acids is 1. The van der Waals surface area contributed by atoms with E-state index in [2.05, 4.69) is 4.98 Å². The van der Waals surface area contributed by atoms with Crippen molar-refractivity contribution in [3.8, 4) is 0 Å². The molecule has 0 bridgehead atoms. The first-order valence-electron chi connectivity index (χ1n) is 8.25. The van der Waals surface area contributed by atoms with Gasteiger partial charge in [0.15, 0.2) is 0 Å². The van der Waals surface area contributed by atoms with Gasteiger partial charge in [-0.15, -0.1) is 0 Å². The molecule has 132 valence electrons. The average molecular weight is 354 g/mol. The number of carbonyl (C=O) groups excluding carboxylic acids is 1. The smallest absolute Gasteiger partial charge is 0.326 e. The molecule has 3 aromatic rings. The first-order chi connectivity index (χ1) is 12.5. The number of rotatable bonds is 2. The van der Waals surface area contributed by atoms with Crippen LogP contribution in [-0.4, -0.2) is 39.5 Å². The summed E-state index contributed by atoms with van der Waals surface area (Å²) in [5.74, 6) is -1.89. The number of nitrogens with zero attached hydrogens (tertiary/aromatic N) is 1. The Labute approximate surface area is 146 Å². The SMILES string of the molecule is O=C(O)C1CCCN1C(=O)c1ccc2c(c1)[nH]c(=O)c1cc(F)ccc12. The van der Waals surface area contributed by atoms with Gasteiger partial charge in [-0.05, 0) is 42.5 Å². The standard InChI is InChI=1S/C19H15FN2O4/c20-11-4-6-12-13-5-3-10(8-15(13)21-17(23)14(12)9-11)18(24)22-7-1-2-16(22)19(25)26/h3-6,8-9,16H,1-2,7H2,(H,21,23)(H,25,26). The van der Waals surface area contributed by atoms with E-state index in [1.807, 2.05) is 0 Å². The van der Waals surface area contributed by atoms with Crippen LogP contribution in [0.3, 0.4) is 0 Å². The van der Waals surface area contributed by atoms with E-state index in [4.69, 9.17) is 0 Å². The first-order valence-corrected chi connectivity index (χ1v) is 8.25. The summed E-state index contributed by atoms with van der Waals surface area (Å²) in [4.78, 5) is 40.3. The molecule has 0 saturated carbocycles. The third-order valence-electron chi connectivity index (χ3n) is 4.83. The molecule has 4 rings (SSSR count). The van der Waals surface area contributed by atoms with Gasteiger partial charge in [0, 0.05) is 23.0 Å². The second kappa shape index (κ2) is 5.94. The van der Waals surface area contributed by atoms with E-state index >= 15 is 0 Å². The van der Waals surface area contributed by atoms with Crippen LogP contribution in [0.15, 0.2) is 41.2 Å². The summed E-state index contributed by atoms with van der Waals surface area (Å²) < 4.78 is 13.4. The minimum absolute atomic E-state index is 0.238. The number of aliphatic carboxylic acids is 1. The summed E-state index contributed by atoms with van der Waals surface area (Å²) in [6.45, 7) is 0.390. The van der Waals surface area contributed by atoms with Crippen molar-refractivity contribution in [2.45, 2.75) is 18.9 Å². The molecule has 7 heteroatoms. The molecule has 0 radical (unpaired) electrons. The molecule has 1 aromatic heterocycles. The first kappa shape index (κ1) is 16.3. The molecule has 2 N–H and O–H groups in total. The third kappa shape index (κ3) is 2.52. The quantitative estimate of drug-likeness (QED) is 0.692. The van der Waals surface area contributed by atoms with Gasteiger partial charge in [0.1, 0.15) is 11.9 Å². The molecule has 0 aliphatic carbocycles. The zero-order valence-corrected chi connectivity index (χ0v) is 13.7. The Morgan fingerprint density at radius 1 is 1.12 bits per heavy atom.